The van der Waals surface area contributed by atoms with E-state index in [-0.39, 0.29) is 5.56 Å². The number of nitriles is 1. The zero-order valence-corrected chi connectivity index (χ0v) is 11.4. The number of carboxylic acid groups (broad SMARTS) is 1. The van der Waals surface area contributed by atoms with Gasteiger partial charge in [0.1, 0.15) is 5.60 Å². The van der Waals surface area contributed by atoms with Crippen molar-refractivity contribution >= 4 is 5.97 Å². The van der Waals surface area contributed by atoms with E-state index in [0.717, 1.165) is 12.8 Å². The lowest BCUT2D eigenvalue weighted by atomic mass is 9.87. The molecule has 1 saturated carbocycles. The van der Waals surface area contributed by atoms with Gasteiger partial charge in [0.15, 0.2) is 0 Å². The second-order valence-corrected chi connectivity index (χ2v) is 5.07. The predicted octanol–water partition coefficient (Wildman–Crippen LogP) is 2.45. The third-order valence-electron chi connectivity index (χ3n) is 3.84. The minimum Gasteiger partial charge on any atom is -0.478 e. The molecule has 0 bridgehead atoms. The molecular weight excluding hydrogens is 254 g/mol. The monoisotopic (exact) mass is 269 g/mol. The average Bonchev–Trinajstić information content (AvgIpc) is 3.26. The second kappa shape index (κ2) is 5.00. The molecule has 0 radical (unpaired) electrons. The van der Waals surface area contributed by atoms with Crippen LogP contribution in [0.1, 0.15) is 35.7 Å². The maximum Gasteiger partial charge on any atom is 0.335 e. The molecule has 4 heteroatoms. The molecular formula is C16H15NO3. The van der Waals surface area contributed by atoms with E-state index in [1.807, 2.05) is 0 Å². The Balaban J connectivity index is 2.32. The van der Waals surface area contributed by atoms with Crippen LogP contribution < -0.4 is 0 Å². The summed E-state index contributed by atoms with van der Waals surface area (Å²) in [5.74, 6) is 4.93. The second-order valence-electron chi connectivity index (χ2n) is 5.07. The first-order valence-electron chi connectivity index (χ1n) is 6.29. The van der Waals surface area contributed by atoms with Crippen LogP contribution in [0.3, 0.4) is 0 Å². The molecule has 0 aliphatic heterocycles. The first-order valence-corrected chi connectivity index (χ1v) is 6.29. The van der Waals surface area contributed by atoms with Crippen molar-refractivity contribution in [3.05, 3.63) is 35.4 Å². The summed E-state index contributed by atoms with van der Waals surface area (Å²) in [5.41, 5.74) is -0.584. The maximum absolute atomic E-state index is 10.9. The van der Waals surface area contributed by atoms with E-state index in [1.54, 1.807) is 26.2 Å². The highest BCUT2D eigenvalue weighted by molar-refractivity contribution is 5.88. The summed E-state index contributed by atoms with van der Waals surface area (Å²) in [6.45, 7) is 1.80. The van der Waals surface area contributed by atoms with Gasteiger partial charge in [0, 0.05) is 12.7 Å². The summed E-state index contributed by atoms with van der Waals surface area (Å²) in [4.78, 5) is 10.9. The van der Waals surface area contributed by atoms with Crippen LogP contribution in [0.2, 0.25) is 0 Å². The van der Waals surface area contributed by atoms with Gasteiger partial charge in [-0.25, -0.2) is 4.79 Å². The molecule has 1 aliphatic carbocycles. The molecule has 102 valence electrons. The lowest BCUT2D eigenvalue weighted by Crippen LogP contribution is -2.36. The van der Waals surface area contributed by atoms with Crippen LogP contribution in [0.5, 0.6) is 0 Å². The normalized spacial score (nSPS) is 18.1. The SMILES string of the molecule is CO[C@@](C)(C#Cc1cccc(C(=O)O)c1)C1(C#N)CC1. The van der Waals surface area contributed by atoms with E-state index in [4.69, 9.17) is 9.84 Å². The zero-order valence-electron chi connectivity index (χ0n) is 11.4. The van der Waals surface area contributed by atoms with Crippen molar-refractivity contribution in [1.29, 1.82) is 5.26 Å². The van der Waals surface area contributed by atoms with Gasteiger partial charge in [-0.15, -0.1) is 0 Å². The molecule has 20 heavy (non-hydrogen) atoms. The molecule has 2 rings (SSSR count). The van der Waals surface area contributed by atoms with Crippen LogP contribution in [-0.4, -0.2) is 23.8 Å². The van der Waals surface area contributed by atoms with E-state index in [0.29, 0.717) is 5.56 Å². The van der Waals surface area contributed by atoms with Crippen molar-refractivity contribution in [1.82, 2.24) is 0 Å². The van der Waals surface area contributed by atoms with E-state index < -0.39 is 17.0 Å². The molecule has 1 fully saturated rings. The molecule has 0 amide bonds. The number of hydrogen-bond acceptors (Lipinski definition) is 3. The minimum absolute atomic E-state index is 0.192. The summed E-state index contributed by atoms with van der Waals surface area (Å²) in [7, 11) is 1.54. The highest BCUT2D eigenvalue weighted by atomic mass is 16.5. The van der Waals surface area contributed by atoms with Crippen LogP contribution >= 0.6 is 0 Å². The summed E-state index contributed by atoms with van der Waals surface area (Å²) in [5, 5.41) is 18.2. The van der Waals surface area contributed by atoms with Gasteiger partial charge in [-0.05, 0) is 38.0 Å². The van der Waals surface area contributed by atoms with Crippen molar-refractivity contribution in [3.8, 4) is 17.9 Å². The summed E-state index contributed by atoms with van der Waals surface area (Å²) in [6.07, 6.45) is 1.55. The van der Waals surface area contributed by atoms with E-state index in [2.05, 4.69) is 17.9 Å². The Morgan fingerprint density at radius 1 is 1.50 bits per heavy atom. The fraction of sp³-hybridized carbons (Fsp3) is 0.375. The fourth-order valence-electron chi connectivity index (χ4n) is 2.11. The van der Waals surface area contributed by atoms with Crippen molar-refractivity contribution in [3.63, 3.8) is 0 Å². The van der Waals surface area contributed by atoms with Crippen LogP contribution in [0.15, 0.2) is 24.3 Å². The Bertz CT molecular complexity index is 644. The van der Waals surface area contributed by atoms with Crippen LogP contribution in [0, 0.1) is 28.6 Å². The number of hydrogen-bond donors (Lipinski definition) is 1. The maximum atomic E-state index is 10.9. The van der Waals surface area contributed by atoms with Crippen LogP contribution in [0.25, 0.3) is 0 Å². The third-order valence-corrected chi connectivity index (χ3v) is 3.84. The molecule has 1 aliphatic rings. The molecule has 0 unspecified atom stereocenters. The smallest absolute Gasteiger partial charge is 0.335 e. The van der Waals surface area contributed by atoms with Crippen molar-refractivity contribution in [2.24, 2.45) is 5.41 Å². The van der Waals surface area contributed by atoms with Gasteiger partial charge in [0.25, 0.3) is 0 Å². The van der Waals surface area contributed by atoms with Crippen LogP contribution in [0.4, 0.5) is 0 Å². The topological polar surface area (TPSA) is 70.3 Å². The van der Waals surface area contributed by atoms with E-state index in [1.165, 1.54) is 12.1 Å². The van der Waals surface area contributed by atoms with Crippen molar-refractivity contribution in [2.45, 2.75) is 25.4 Å². The van der Waals surface area contributed by atoms with Gasteiger partial charge in [0.2, 0.25) is 0 Å². The molecule has 0 spiro atoms. The highest BCUT2D eigenvalue weighted by Crippen LogP contribution is 2.54. The summed E-state index contributed by atoms with van der Waals surface area (Å²) >= 11 is 0. The highest BCUT2D eigenvalue weighted by Gasteiger charge is 2.58. The predicted molar refractivity (Wildman–Crippen MR) is 73.0 cm³/mol. The first-order chi connectivity index (χ1) is 9.46. The minimum atomic E-state index is -0.987. The summed E-state index contributed by atoms with van der Waals surface area (Å²) in [6, 6.07) is 8.70. The van der Waals surface area contributed by atoms with Crippen LogP contribution in [-0.2, 0) is 4.74 Å². The Morgan fingerprint density at radius 3 is 2.70 bits per heavy atom. The van der Waals surface area contributed by atoms with E-state index >= 15 is 0 Å². The number of carboxylic acids is 1. The lowest BCUT2D eigenvalue weighted by Gasteiger charge is -2.26. The number of carbonyl (C=O) groups is 1. The van der Waals surface area contributed by atoms with Gasteiger partial charge in [0.05, 0.1) is 17.0 Å². The quantitative estimate of drug-likeness (QED) is 0.856. The Labute approximate surface area is 118 Å². The van der Waals surface area contributed by atoms with Gasteiger partial charge in [-0.2, -0.15) is 5.26 Å². The Hall–Kier alpha value is -2.30. The van der Waals surface area contributed by atoms with Gasteiger partial charge < -0.3 is 9.84 Å². The van der Waals surface area contributed by atoms with Crippen molar-refractivity contribution < 1.29 is 14.6 Å². The van der Waals surface area contributed by atoms with Gasteiger partial charge >= 0.3 is 5.97 Å². The van der Waals surface area contributed by atoms with Gasteiger partial charge in [-0.3, -0.25) is 0 Å². The van der Waals surface area contributed by atoms with E-state index in [9.17, 15) is 10.1 Å². The fourth-order valence-corrected chi connectivity index (χ4v) is 2.11. The molecule has 1 atom stereocenters. The van der Waals surface area contributed by atoms with Gasteiger partial charge in [-0.1, -0.05) is 17.9 Å². The molecule has 1 aromatic carbocycles. The zero-order chi connectivity index (χ0) is 14.8. The molecule has 0 aromatic heterocycles. The molecule has 1 N–H and O–H groups in total. The summed E-state index contributed by atoms with van der Waals surface area (Å²) < 4.78 is 5.44. The number of rotatable bonds is 3. The molecule has 0 heterocycles. The number of nitrogens with zero attached hydrogens (tertiary/aromatic N) is 1. The Kier molecular flexibility index (Phi) is 3.53. The standard InChI is InChI=1S/C16H15NO3/c1-15(20-2,16(11-17)8-9-16)7-6-12-4-3-5-13(10-12)14(18)19/h3-5,10H,8-9H2,1-2H3,(H,18,19)/t15-/m0/s1. The molecule has 0 saturated heterocycles. The van der Waals surface area contributed by atoms with Crippen molar-refractivity contribution in [2.75, 3.05) is 7.11 Å². The largest absolute Gasteiger partial charge is 0.478 e. The number of methoxy groups -OCH3 is 1. The first kappa shape index (κ1) is 14.1. The third kappa shape index (κ3) is 2.39. The number of ether oxygens (including phenoxy) is 1. The average molecular weight is 269 g/mol. The Morgan fingerprint density at radius 2 is 2.20 bits per heavy atom. The molecule has 4 nitrogen and oxygen atoms in total. The lowest BCUT2D eigenvalue weighted by molar-refractivity contribution is 0.0147. The number of aromatic carboxylic acids is 1. The number of benzene rings is 1. The molecule has 1 aromatic rings.